The van der Waals surface area contributed by atoms with Gasteiger partial charge in [-0.1, -0.05) is 42.5 Å². The summed E-state index contributed by atoms with van der Waals surface area (Å²) in [5, 5.41) is 10.5. The lowest BCUT2D eigenvalue weighted by Gasteiger charge is -2.32. The molecule has 3 nitrogen and oxygen atoms in total. The van der Waals surface area contributed by atoms with Gasteiger partial charge in [-0.25, -0.2) is 0 Å². The lowest BCUT2D eigenvalue weighted by Crippen LogP contribution is -2.38. The molecule has 25 heavy (non-hydrogen) atoms. The highest BCUT2D eigenvalue weighted by Gasteiger charge is 2.21. The molecular formula is C22H32N2O. The van der Waals surface area contributed by atoms with Crippen LogP contribution in [0, 0.1) is 0 Å². The third kappa shape index (κ3) is 5.07. The van der Waals surface area contributed by atoms with Gasteiger partial charge >= 0.3 is 0 Å². The van der Waals surface area contributed by atoms with Crippen LogP contribution in [0.2, 0.25) is 0 Å². The van der Waals surface area contributed by atoms with E-state index in [0.29, 0.717) is 24.4 Å². The molecule has 2 aromatic carbocycles. The SMILES string of the molecule is CC(C)N(CCC(c1ccccc1)c1cc(CN)ccc1O)C(C)C. The topological polar surface area (TPSA) is 49.5 Å². The summed E-state index contributed by atoms with van der Waals surface area (Å²) in [6.07, 6.45) is 0.960. The highest BCUT2D eigenvalue weighted by Crippen LogP contribution is 2.35. The van der Waals surface area contributed by atoms with Gasteiger partial charge in [0.1, 0.15) is 5.75 Å². The predicted molar refractivity (Wildman–Crippen MR) is 106 cm³/mol. The van der Waals surface area contributed by atoms with Gasteiger partial charge in [-0.05, 0) is 57.9 Å². The molecular weight excluding hydrogens is 308 g/mol. The second kappa shape index (κ2) is 9.02. The Bertz CT molecular complexity index is 644. The second-order valence-corrected chi connectivity index (χ2v) is 7.27. The number of phenolic OH excluding ortho intramolecular Hbond substituents is 1. The molecule has 0 spiro atoms. The van der Waals surface area contributed by atoms with E-state index in [4.69, 9.17) is 5.73 Å². The highest BCUT2D eigenvalue weighted by atomic mass is 16.3. The number of hydrogen-bond acceptors (Lipinski definition) is 3. The lowest BCUT2D eigenvalue weighted by molar-refractivity contribution is 0.170. The van der Waals surface area contributed by atoms with Crippen molar-refractivity contribution in [2.75, 3.05) is 6.54 Å². The van der Waals surface area contributed by atoms with Crippen LogP contribution in [-0.4, -0.2) is 28.6 Å². The van der Waals surface area contributed by atoms with Crippen molar-refractivity contribution >= 4 is 0 Å². The van der Waals surface area contributed by atoms with Crippen molar-refractivity contribution in [2.45, 2.75) is 58.7 Å². The molecule has 3 heteroatoms. The summed E-state index contributed by atoms with van der Waals surface area (Å²) in [6, 6.07) is 17.2. The van der Waals surface area contributed by atoms with Gasteiger partial charge in [0, 0.05) is 30.1 Å². The fraction of sp³-hybridized carbons (Fsp3) is 0.455. The van der Waals surface area contributed by atoms with Crippen molar-refractivity contribution in [1.29, 1.82) is 0 Å². The molecule has 2 rings (SSSR count). The van der Waals surface area contributed by atoms with Gasteiger partial charge in [0.05, 0.1) is 0 Å². The van der Waals surface area contributed by atoms with Crippen LogP contribution in [0.1, 0.15) is 56.7 Å². The van der Waals surface area contributed by atoms with Gasteiger partial charge in [-0.2, -0.15) is 0 Å². The average molecular weight is 341 g/mol. The molecule has 1 unspecified atom stereocenters. The Morgan fingerprint density at radius 3 is 2.16 bits per heavy atom. The number of nitrogens with two attached hydrogens (primary N) is 1. The number of phenols is 1. The van der Waals surface area contributed by atoms with E-state index in [1.54, 1.807) is 6.07 Å². The maximum atomic E-state index is 10.5. The van der Waals surface area contributed by atoms with Gasteiger partial charge in [0.25, 0.3) is 0 Å². The van der Waals surface area contributed by atoms with E-state index in [0.717, 1.165) is 24.1 Å². The van der Waals surface area contributed by atoms with E-state index in [9.17, 15) is 5.11 Å². The lowest BCUT2D eigenvalue weighted by atomic mass is 9.86. The molecule has 3 N–H and O–H groups in total. The number of benzene rings is 2. The Morgan fingerprint density at radius 2 is 1.60 bits per heavy atom. The molecule has 0 aromatic heterocycles. The fourth-order valence-corrected chi connectivity index (χ4v) is 3.59. The largest absolute Gasteiger partial charge is 0.508 e. The Hall–Kier alpha value is -1.84. The van der Waals surface area contributed by atoms with E-state index in [1.165, 1.54) is 5.56 Å². The maximum absolute atomic E-state index is 10.5. The van der Waals surface area contributed by atoms with Crippen LogP contribution in [0.25, 0.3) is 0 Å². The first-order valence-electron chi connectivity index (χ1n) is 9.26. The van der Waals surface area contributed by atoms with Crippen LogP contribution in [0.15, 0.2) is 48.5 Å². The summed E-state index contributed by atoms with van der Waals surface area (Å²) in [5.74, 6) is 0.513. The van der Waals surface area contributed by atoms with Gasteiger partial charge in [0.2, 0.25) is 0 Å². The van der Waals surface area contributed by atoms with E-state index in [2.05, 4.69) is 62.9 Å². The molecule has 0 aliphatic carbocycles. The molecule has 0 saturated carbocycles. The van der Waals surface area contributed by atoms with Crippen molar-refractivity contribution in [3.8, 4) is 5.75 Å². The van der Waals surface area contributed by atoms with Crippen molar-refractivity contribution < 1.29 is 5.11 Å². The summed E-state index contributed by atoms with van der Waals surface area (Å²) in [5.41, 5.74) is 9.08. The van der Waals surface area contributed by atoms with Crippen LogP contribution in [0.4, 0.5) is 0 Å². The zero-order chi connectivity index (χ0) is 18.4. The Morgan fingerprint density at radius 1 is 0.960 bits per heavy atom. The maximum Gasteiger partial charge on any atom is 0.119 e. The molecule has 0 amide bonds. The molecule has 0 fully saturated rings. The third-order valence-electron chi connectivity index (χ3n) is 4.91. The fourth-order valence-electron chi connectivity index (χ4n) is 3.59. The number of nitrogens with zero attached hydrogens (tertiary/aromatic N) is 1. The Balaban J connectivity index is 2.35. The van der Waals surface area contributed by atoms with Crippen molar-refractivity contribution in [1.82, 2.24) is 4.90 Å². The summed E-state index contributed by atoms with van der Waals surface area (Å²) in [7, 11) is 0. The summed E-state index contributed by atoms with van der Waals surface area (Å²) in [4.78, 5) is 2.50. The van der Waals surface area contributed by atoms with Gasteiger partial charge in [0.15, 0.2) is 0 Å². The highest BCUT2D eigenvalue weighted by molar-refractivity contribution is 5.43. The van der Waals surface area contributed by atoms with Gasteiger partial charge < -0.3 is 10.8 Å². The van der Waals surface area contributed by atoms with E-state index in [1.807, 2.05) is 12.1 Å². The molecule has 136 valence electrons. The quantitative estimate of drug-likeness (QED) is 0.744. The van der Waals surface area contributed by atoms with Gasteiger partial charge in [-0.3, -0.25) is 4.90 Å². The van der Waals surface area contributed by atoms with Crippen LogP contribution >= 0.6 is 0 Å². The van der Waals surface area contributed by atoms with Crippen molar-refractivity contribution in [3.05, 3.63) is 65.2 Å². The van der Waals surface area contributed by atoms with Crippen LogP contribution in [-0.2, 0) is 6.54 Å². The Kier molecular flexibility index (Phi) is 7.03. The summed E-state index contributed by atoms with van der Waals surface area (Å²) in [6.45, 7) is 10.4. The zero-order valence-corrected chi connectivity index (χ0v) is 15.9. The number of aromatic hydroxyl groups is 1. The predicted octanol–water partition coefficient (Wildman–Crippen LogP) is 4.49. The minimum absolute atomic E-state index is 0.160. The summed E-state index contributed by atoms with van der Waals surface area (Å²) >= 11 is 0. The van der Waals surface area contributed by atoms with Crippen LogP contribution < -0.4 is 5.73 Å². The first kappa shape index (κ1) is 19.5. The number of hydrogen-bond donors (Lipinski definition) is 2. The normalized spacial score (nSPS) is 13.0. The molecule has 0 bridgehead atoms. The molecule has 0 saturated heterocycles. The van der Waals surface area contributed by atoms with Gasteiger partial charge in [-0.15, -0.1) is 0 Å². The third-order valence-corrected chi connectivity index (χ3v) is 4.91. The van der Waals surface area contributed by atoms with Crippen molar-refractivity contribution in [3.63, 3.8) is 0 Å². The first-order valence-corrected chi connectivity index (χ1v) is 9.26. The molecule has 0 heterocycles. The molecule has 0 aliphatic rings. The zero-order valence-electron chi connectivity index (χ0n) is 15.9. The van der Waals surface area contributed by atoms with E-state index in [-0.39, 0.29) is 5.92 Å². The van der Waals surface area contributed by atoms with E-state index >= 15 is 0 Å². The number of rotatable bonds is 8. The first-order chi connectivity index (χ1) is 11.9. The average Bonchev–Trinajstić information content (AvgIpc) is 2.59. The molecule has 2 aromatic rings. The minimum atomic E-state index is 0.160. The smallest absolute Gasteiger partial charge is 0.119 e. The Labute approximate surface area is 152 Å². The standard InChI is InChI=1S/C22H32N2O/c1-16(2)24(17(3)4)13-12-20(19-8-6-5-7-9-19)21-14-18(15-23)10-11-22(21)25/h5-11,14,16-17,20,25H,12-13,15,23H2,1-4H3. The van der Waals surface area contributed by atoms with E-state index < -0.39 is 0 Å². The second-order valence-electron chi connectivity index (χ2n) is 7.27. The monoisotopic (exact) mass is 340 g/mol. The molecule has 1 atom stereocenters. The van der Waals surface area contributed by atoms with Crippen molar-refractivity contribution in [2.24, 2.45) is 5.73 Å². The summed E-state index contributed by atoms with van der Waals surface area (Å²) < 4.78 is 0. The minimum Gasteiger partial charge on any atom is -0.508 e. The van der Waals surface area contributed by atoms with Crippen LogP contribution in [0.3, 0.4) is 0 Å². The molecule has 0 radical (unpaired) electrons. The molecule has 0 aliphatic heterocycles. The van der Waals surface area contributed by atoms with Crippen LogP contribution in [0.5, 0.6) is 5.75 Å².